The number of hydrogen-bond acceptors (Lipinski definition) is 5. The Morgan fingerprint density at radius 2 is 2.15 bits per heavy atom. The van der Waals surface area contributed by atoms with Gasteiger partial charge in [0.15, 0.2) is 5.82 Å². The summed E-state index contributed by atoms with van der Waals surface area (Å²) in [5.74, 6) is -0.0163. The van der Waals surface area contributed by atoms with Gasteiger partial charge in [0.05, 0.1) is 17.3 Å². The number of fused-ring (bicyclic) bond motifs is 1. The Morgan fingerprint density at radius 1 is 1.31 bits per heavy atom. The second kappa shape index (κ2) is 6.59. The van der Waals surface area contributed by atoms with Crippen molar-refractivity contribution in [2.45, 2.75) is 6.42 Å². The number of nitrogens with one attached hydrogen (secondary N) is 1. The Morgan fingerprint density at radius 3 is 2.96 bits per heavy atom. The van der Waals surface area contributed by atoms with Crippen molar-refractivity contribution in [3.63, 3.8) is 0 Å². The molecule has 0 saturated heterocycles. The molecule has 0 spiro atoms. The van der Waals surface area contributed by atoms with Gasteiger partial charge >= 0.3 is 0 Å². The molecule has 0 unspecified atom stereocenters. The number of amides is 1. The molecule has 0 atom stereocenters. The maximum absolute atomic E-state index is 13.5. The zero-order chi connectivity index (χ0) is 18.3. The minimum atomic E-state index is -0.624. The summed E-state index contributed by atoms with van der Waals surface area (Å²) in [6.45, 7) is 0.661. The maximum Gasteiger partial charge on any atom is 0.262 e. The summed E-state index contributed by atoms with van der Waals surface area (Å²) in [7, 11) is 0. The summed E-state index contributed by atoms with van der Waals surface area (Å²) in [6, 6.07) is 9.71. The van der Waals surface area contributed by atoms with Crippen LogP contribution < -0.4 is 15.8 Å². The topological polar surface area (TPSA) is 77.2 Å². The predicted molar refractivity (Wildman–Crippen MR) is 100.0 cm³/mol. The average Bonchev–Trinajstić information content (AvgIpc) is 3.24. The molecule has 0 bridgehead atoms. The van der Waals surface area contributed by atoms with Gasteiger partial charge in [-0.15, -0.1) is 11.3 Å². The van der Waals surface area contributed by atoms with Gasteiger partial charge in [-0.1, -0.05) is 23.7 Å². The highest BCUT2D eigenvalue weighted by atomic mass is 35.5. The van der Waals surface area contributed by atoms with Gasteiger partial charge in [-0.2, -0.15) is 0 Å². The monoisotopic (exact) mass is 389 g/mol. The number of carbonyl (C=O) groups is 1. The molecule has 2 heterocycles. The van der Waals surface area contributed by atoms with Crippen LogP contribution in [-0.4, -0.2) is 17.5 Å². The summed E-state index contributed by atoms with van der Waals surface area (Å²) in [4.78, 5) is 16.5. The fourth-order valence-electron chi connectivity index (χ4n) is 2.72. The molecule has 0 saturated carbocycles. The van der Waals surface area contributed by atoms with Crippen molar-refractivity contribution >= 4 is 40.4 Å². The minimum absolute atomic E-state index is 0.238. The van der Waals surface area contributed by atoms with Crippen molar-refractivity contribution in [2.24, 2.45) is 5.73 Å². The van der Waals surface area contributed by atoms with E-state index in [4.69, 9.17) is 22.1 Å². The van der Waals surface area contributed by atoms with E-state index in [1.54, 1.807) is 0 Å². The number of benzene rings is 2. The molecule has 0 fully saturated rings. The third kappa shape index (κ3) is 3.11. The van der Waals surface area contributed by atoms with E-state index in [9.17, 15) is 9.18 Å². The first kappa shape index (κ1) is 16.8. The first-order valence-corrected chi connectivity index (χ1v) is 8.99. The van der Waals surface area contributed by atoms with Gasteiger partial charge in [-0.05, 0) is 29.8 Å². The Kier molecular flexibility index (Phi) is 4.26. The molecule has 3 N–H and O–H groups in total. The molecule has 132 valence electrons. The normalized spacial score (nSPS) is 12.5. The highest BCUT2D eigenvalue weighted by molar-refractivity contribution is 7.17. The largest absolute Gasteiger partial charge is 0.493 e. The molecule has 0 aliphatic carbocycles. The molecule has 26 heavy (non-hydrogen) atoms. The van der Waals surface area contributed by atoms with Crippen LogP contribution in [0.2, 0.25) is 5.02 Å². The Bertz CT molecular complexity index is 1020. The Hall–Kier alpha value is -2.64. The van der Waals surface area contributed by atoms with Crippen molar-refractivity contribution in [3.8, 4) is 16.3 Å². The first-order valence-electron chi connectivity index (χ1n) is 7.80. The fraction of sp³-hybridized carbons (Fsp3) is 0.111. The number of ether oxygens (including phenoxy) is 1. The van der Waals surface area contributed by atoms with Crippen LogP contribution in [0.25, 0.3) is 10.6 Å². The second-order valence-corrected chi connectivity index (χ2v) is 7.14. The van der Waals surface area contributed by atoms with Crippen LogP contribution in [0.15, 0.2) is 36.4 Å². The highest BCUT2D eigenvalue weighted by Crippen LogP contribution is 2.37. The number of anilines is 2. The lowest BCUT2D eigenvalue weighted by atomic mass is 10.1. The smallest absolute Gasteiger partial charge is 0.262 e. The van der Waals surface area contributed by atoms with Gasteiger partial charge < -0.3 is 15.8 Å². The highest BCUT2D eigenvalue weighted by Gasteiger charge is 2.20. The summed E-state index contributed by atoms with van der Waals surface area (Å²) in [6.07, 6.45) is 0.880. The second-order valence-electron chi connectivity index (χ2n) is 5.73. The first-order chi connectivity index (χ1) is 12.5. The van der Waals surface area contributed by atoms with E-state index in [1.165, 1.54) is 18.2 Å². The third-order valence-electron chi connectivity index (χ3n) is 3.98. The van der Waals surface area contributed by atoms with Crippen LogP contribution in [0.1, 0.15) is 15.2 Å². The molecule has 5 nitrogen and oxygen atoms in total. The quantitative estimate of drug-likeness (QED) is 0.694. The molecular formula is C18H13ClFN3O2S. The number of hydrogen-bond donors (Lipinski definition) is 2. The van der Waals surface area contributed by atoms with E-state index < -0.39 is 11.7 Å². The number of halogens is 2. The van der Waals surface area contributed by atoms with E-state index in [0.29, 0.717) is 22.3 Å². The molecule has 4 rings (SSSR count). The number of carbonyl (C=O) groups excluding carboxylic acids is 1. The summed E-state index contributed by atoms with van der Waals surface area (Å²) >= 11 is 7.23. The molecule has 1 aliphatic heterocycles. The number of nitrogens with zero attached hydrogens (tertiary/aromatic N) is 1. The van der Waals surface area contributed by atoms with Crippen LogP contribution in [0.4, 0.5) is 15.9 Å². The van der Waals surface area contributed by atoms with Crippen molar-refractivity contribution < 1.29 is 13.9 Å². The molecule has 8 heteroatoms. The lowest BCUT2D eigenvalue weighted by Crippen LogP contribution is -2.11. The van der Waals surface area contributed by atoms with E-state index in [2.05, 4.69) is 10.3 Å². The Labute approximate surface area is 157 Å². The van der Waals surface area contributed by atoms with Crippen molar-refractivity contribution in [1.82, 2.24) is 4.98 Å². The van der Waals surface area contributed by atoms with Crippen LogP contribution in [-0.2, 0) is 6.42 Å². The zero-order valence-electron chi connectivity index (χ0n) is 13.4. The van der Waals surface area contributed by atoms with Gasteiger partial charge in [0.25, 0.3) is 5.91 Å². The predicted octanol–water partition coefficient (Wildman–Crippen LogP) is 4.38. The lowest BCUT2D eigenvalue weighted by Gasteiger charge is -2.07. The Balaban J connectivity index is 1.73. The molecule has 1 aliphatic rings. The summed E-state index contributed by atoms with van der Waals surface area (Å²) in [5.41, 5.74) is 7.75. The van der Waals surface area contributed by atoms with E-state index in [-0.39, 0.29) is 10.7 Å². The molecule has 3 aromatic rings. The van der Waals surface area contributed by atoms with Gasteiger partial charge in [0.2, 0.25) is 0 Å². The van der Waals surface area contributed by atoms with Gasteiger partial charge in [0, 0.05) is 12.0 Å². The van der Waals surface area contributed by atoms with Crippen molar-refractivity contribution in [1.29, 1.82) is 0 Å². The number of rotatable bonds is 4. The van der Waals surface area contributed by atoms with Crippen LogP contribution in [0.3, 0.4) is 0 Å². The van der Waals surface area contributed by atoms with Crippen LogP contribution in [0.5, 0.6) is 5.75 Å². The molecular weight excluding hydrogens is 377 g/mol. The molecule has 1 aromatic heterocycles. The SMILES string of the molecule is NC(=O)c1sc(-c2ccc3c(c2)OCC3)nc1Nc1cc(F)ccc1Cl. The van der Waals surface area contributed by atoms with Gasteiger partial charge in [-0.25, -0.2) is 9.37 Å². The molecule has 1 amide bonds. The number of nitrogens with two attached hydrogens (primary N) is 1. The fourth-order valence-corrected chi connectivity index (χ4v) is 3.75. The van der Waals surface area contributed by atoms with Crippen molar-refractivity contribution in [2.75, 3.05) is 11.9 Å². The minimum Gasteiger partial charge on any atom is -0.493 e. The molecule has 2 aromatic carbocycles. The zero-order valence-corrected chi connectivity index (χ0v) is 15.0. The summed E-state index contributed by atoms with van der Waals surface area (Å²) < 4.78 is 19.1. The van der Waals surface area contributed by atoms with Crippen molar-refractivity contribution in [3.05, 3.63) is 57.7 Å². The van der Waals surface area contributed by atoms with Gasteiger partial charge in [0.1, 0.15) is 21.5 Å². The van der Waals surface area contributed by atoms with E-state index in [0.717, 1.165) is 34.6 Å². The van der Waals surface area contributed by atoms with Crippen LogP contribution >= 0.6 is 22.9 Å². The summed E-state index contributed by atoms with van der Waals surface area (Å²) in [5, 5.41) is 3.81. The standard InChI is InChI=1S/C18H13ClFN3O2S/c19-12-4-3-11(20)8-13(12)22-17-15(16(21)24)26-18(23-17)10-2-1-9-5-6-25-14(9)7-10/h1-4,7-8,22H,5-6H2,(H2,21,24). The maximum atomic E-state index is 13.5. The number of aromatic nitrogens is 1. The van der Waals surface area contributed by atoms with Crippen LogP contribution in [0, 0.1) is 5.82 Å². The van der Waals surface area contributed by atoms with Gasteiger partial charge in [-0.3, -0.25) is 4.79 Å². The lowest BCUT2D eigenvalue weighted by molar-refractivity contribution is 0.100. The van der Waals surface area contributed by atoms with E-state index >= 15 is 0 Å². The molecule has 0 radical (unpaired) electrons. The number of thiazole rings is 1. The third-order valence-corrected chi connectivity index (χ3v) is 5.42. The average molecular weight is 390 g/mol. The number of primary amides is 1. The van der Waals surface area contributed by atoms with E-state index in [1.807, 2.05) is 18.2 Å².